The van der Waals surface area contributed by atoms with Crippen LogP contribution >= 0.6 is 0 Å². The van der Waals surface area contributed by atoms with E-state index in [-0.39, 0.29) is 49.5 Å². The molecule has 2 aliphatic heterocycles. The second-order valence-electron chi connectivity index (χ2n) is 25.7. The lowest BCUT2D eigenvalue weighted by molar-refractivity contribution is -0.337. The first-order chi connectivity index (χ1) is 37.3. The molecule has 10 nitrogen and oxygen atoms in total. The molecule has 2 N–H and O–H groups in total. The van der Waals surface area contributed by atoms with Crippen molar-refractivity contribution in [2.75, 3.05) is 39.6 Å². The Labute approximate surface area is 469 Å². The van der Waals surface area contributed by atoms with E-state index < -0.39 is 50.5 Å². The van der Waals surface area contributed by atoms with E-state index in [2.05, 4.69) is 104 Å². The van der Waals surface area contributed by atoms with Gasteiger partial charge < -0.3 is 38.6 Å². The van der Waals surface area contributed by atoms with E-state index >= 15 is 0 Å². The largest absolute Gasteiger partial charge is 0.507 e. The van der Waals surface area contributed by atoms with Crippen molar-refractivity contribution in [2.24, 2.45) is 16.2 Å². The summed E-state index contributed by atoms with van der Waals surface area (Å²) in [6.07, 6.45) is -0.0930. The molecule has 0 atom stereocenters. The molecule has 0 amide bonds. The summed E-state index contributed by atoms with van der Waals surface area (Å²) in [7, 11) is 0. The van der Waals surface area contributed by atoms with E-state index in [1.54, 1.807) is 0 Å². The number of phenols is 2. The van der Waals surface area contributed by atoms with Gasteiger partial charge in [-0.15, -0.1) is 0 Å². The highest BCUT2D eigenvalue weighted by Crippen LogP contribution is 2.47. The van der Waals surface area contributed by atoms with Crippen LogP contribution in [-0.2, 0) is 72.5 Å². The van der Waals surface area contributed by atoms with Gasteiger partial charge in [-0.05, 0) is 46.2 Å². The molecule has 6 aromatic carbocycles. The van der Waals surface area contributed by atoms with Gasteiger partial charge in [-0.25, -0.2) is 0 Å². The van der Waals surface area contributed by atoms with Crippen molar-refractivity contribution in [3.05, 3.63) is 201 Å². The summed E-state index contributed by atoms with van der Waals surface area (Å²) >= 11 is 0. The van der Waals surface area contributed by atoms with Gasteiger partial charge in [-0.3, -0.25) is 9.59 Å². The Morgan fingerprint density at radius 3 is 0.911 bits per heavy atom. The molecule has 10 heteroatoms. The molecule has 0 bridgehead atoms. The average Bonchev–Trinajstić information content (AvgIpc) is 3.55. The minimum atomic E-state index is -0.662. The number of hydrogen-bond donors (Lipinski definition) is 2. The van der Waals surface area contributed by atoms with E-state index in [0.717, 1.165) is 55.6 Å². The highest BCUT2D eigenvalue weighted by atomic mass is 16.7. The fraction of sp³-hybridized carbons (Fsp3) is 0.449. The van der Waals surface area contributed by atoms with Gasteiger partial charge >= 0.3 is 11.9 Å². The molecule has 0 radical (unpaired) electrons. The predicted octanol–water partition coefficient (Wildman–Crippen LogP) is 13.8. The summed E-state index contributed by atoms with van der Waals surface area (Å²) < 4.78 is 37.3. The monoisotopic (exact) mass is 1070 g/mol. The number of aromatic hydroxyl groups is 2. The van der Waals surface area contributed by atoms with Crippen molar-refractivity contribution < 1.29 is 48.2 Å². The minimum Gasteiger partial charge on any atom is -0.507 e. The average molecular weight is 1070 g/mol. The SMILES string of the molecule is CC(C)(c1ccccc1)c1cc(CCC(=O)OCC(C)(C)C2OCC3(CO2)COC(C(C)(C)COC(=O)CCc2cc(C(C)(C)c4ccccc4)c(O)c(C(C)(C)c4ccccc4)c2)OC3)cc(C(C)(C)c2ccccc2)c1O. The lowest BCUT2D eigenvalue weighted by Crippen LogP contribution is -2.57. The summed E-state index contributed by atoms with van der Waals surface area (Å²) in [5.41, 5.74) is 5.47. The van der Waals surface area contributed by atoms with Crippen molar-refractivity contribution in [1.82, 2.24) is 0 Å². The van der Waals surface area contributed by atoms with Gasteiger partial charge in [0, 0.05) is 67.6 Å². The van der Waals surface area contributed by atoms with Crippen LogP contribution in [0.3, 0.4) is 0 Å². The number of phenolic OH excluding ortho intramolecular Hbond substituents is 2. The molecule has 0 aromatic heterocycles. The van der Waals surface area contributed by atoms with E-state index in [9.17, 15) is 19.8 Å². The Morgan fingerprint density at radius 2 is 0.671 bits per heavy atom. The molecule has 2 aliphatic rings. The third kappa shape index (κ3) is 13.0. The topological polar surface area (TPSA) is 130 Å². The van der Waals surface area contributed by atoms with Crippen LogP contribution in [0.4, 0.5) is 0 Å². The van der Waals surface area contributed by atoms with Crippen LogP contribution in [0.15, 0.2) is 146 Å². The number of benzene rings is 6. The quantitative estimate of drug-likeness (QED) is 0.0713. The van der Waals surface area contributed by atoms with Crippen LogP contribution in [0.2, 0.25) is 0 Å². The molecule has 6 aromatic rings. The van der Waals surface area contributed by atoms with Crippen LogP contribution in [0.5, 0.6) is 11.5 Å². The Hall–Kier alpha value is -6.30. The fourth-order valence-electron chi connectivity index (χ4n) is 11.2. The molecule has 0 saturated carbocycles. The van der Waals surface area contributed by atoms with E-state index in [1.165, 1.54) is 0 Å². The lowest BCUT2D eigenvalue weighted by atomic mass is 9.71. The first-order valence-corrected chi connectivity index (χ1v) is 28.0. The number of hydrogen-bond acceptors (Lipinski definition) is 10. The van der Waals surface area contributed by atoms with Crippen molar-refractivity contribution in [3.63, 3.8) is 0 Å². The van der Waals surface area contributed by atoms with Gasteiger partial charge in [0.15, 0.2) is 12.6 Å². The van der Waals surface area contributed by atoms with Crippen LogP contribution in [0.25, 0.3) is 0 Å². The molecule has 8 rings (SSSR count). The van der Waals surface area contributed by atoms with Crippen LogP contribution in [0.1, 0.15) is 152 Å². The van der Waals surface area contributed by atoms with Gasteiger partial charge in [0.25, 0.3) is 0 Å². The summed E-state index contributed by atoms with van der Waals surface area (Å²) in [5, 5.41) is 24.1. The normalized spacial score (nSPS) is 18.5. The molecule has 0 aliphatic carbocycles. The maximum absolute atomic E-state index is 13.5. The zero-order chi connectivity index (χ0) is 57.0. The van der Waals surface area contributed by atoms with Gasteiger partial charge in [-0.1, -0.05) is 229 Å². The smallest absolute Gasteiger partial charge is 0.306 e. The van der Waals surface area contributed by atoms with Crippen molar-refractivity contribution in [3.8, 4) is 11.5 Å². The van der Waals surface area contributed by atoms with Crippen LogP contribution < -0.4 is 0 Å². The Balaban J connectivity index is 0.827. The Bertz CT molecular complexity index is 2660. The molecule has 2 saturated heterocycles. The minimum absolute atomic E-state index is 0.0928. The second-order valence-corrected chi connectivity index (χ2v) is 25.7. The molecule has 2 fully saturated rings. The number of carbonyl (C=O) groups is 2. The van der Waals surface area contributed by atoms with E-state index in [0.29, 0.717) is 39.3 Å². The third-order valence-corrected chi connectivity index (χ3v) is 16.9. The Morgan fingerprint density at radius 1 is 0.430 bits per heavy atom. The zero-order valence-electron chi connectivity index (χ0n) is 48.7. The zero-order valence-corrected chi connectivity index (χ0v) is 48.7. The molecule has 79 heavy (non-hydrogen) atoms. The lowest BCUT2D eigenvalue weighted by Gasteiger charge is -2.48. The highest BCUT2D eigenvalue weighted by Gasteiger charge is 2.48. The van der Waals surface area contributed by atoms with Crippen LogP contribution in [0, 0.1) is 16.2 Å². The molecular formula is C69H84O10. The summed E-state index contributed by atoms with van der Waals surface area (Å²) in [6, 6.07) is 48.9. The van der Waals surface area contributed by atoms with Crippen LogP contribution in [-0.4, -0.2) is 74.4 Å². The number of aryl methyl sites for hydroxylation is 2. The molecule has 2 heterocycles. The molecular weight excluding hydrogens is 989 g/mol. The third-order valence-electron chi connectivity index (χ3n) is 16.9. The summed E-state index contributed by atoms with van der Waals surface area (Å²) in [6.45, 7) is 26.3. The number of carbonyl (C=O) groups excluding carboxylic acids is 2. The molecule has 1 spiro atoms. The van der Waals surface area contributed by atoms with Gasteiger partial charge in [0.1, 0.15) is 24.7 Å². The van der Waals surface area contributed by atoms with Gasteiger partial charge in [-0.2, -0.15) is 0 Å². The first-order valence-electron chi connectivity index (χ1n) is 28.0. The second kappa shape index (κ2) is 23.4. The number of esters is 2. The van der Waals surface area contributed by atoms with Crippen molar-refractivity contribution >= 4 is 11.9 Å². The van der Waals surface area contributed by atoms with E-state index in [4.69, 9.17) is 28.4 Å². The number of rotatable bonds is 20. The predicted molar refractivity (Wildman–Crippen MR) is 310 cm³/mol. The fourth-order valence-corrected chi connectivity index (χ4v) is 11.2. The maximum Gasteiger partial charge on any atom is 0.306 e. The maximum atomic E-state index is 13.5. The Kier molecular flexibility index (Phi) is 17.4. The van der Waals surface area contributed by atoms with E-state index in [1.807, 2.05) is 125 Å². The standard InChI is InChI=1S/C69H84O10/c1-63(2,41-74-57(70)35-33-47-37-53(65(5,6)49-25-17-13-18-26-49)59(72)54(38-47)66(7,8)50-27-19-14-20-28-50)61-76-43-69(44-77-61)45-78-62(79-46-69)64(3,4)42-75-58(71)36-34-48-39-55(67(9,10)51-29-21-15-22-30-51)60(73)56(40-48)68(11,12)52-31-23-16-24-32-52/h13-32,37-40,61-62,72-73H,33-36,41-46H2,1-12H3. The first kappa shape index (κ1) is 58.8. The van der Waals surface area contributed by atoms with Crippen molar-refractivity contribution in [1.29, 1.82) is 0 Å². The molecule has 420 valence electrons. The van der Waals surface area contributed by atoms with Crippen molar-refractivity contribution in [2.45, 2.75) is 143 Å². The highest BCUT2D eigenvalue weighted by molar-refractivity contribution is 5.70. The van der Waals surface area contributed by atoms with Gasteiger partial charge in [0.2, 0.25) is 0 Å². The molecule has 0 unspecified atom stereocenters. The number of ether oxygens (including phenoxy) is 6. The summed E-state index contributed by atoms with van der Waals surface area (Å²) in [4.78, 5) is 27.0. The summed E-state index contributed by atoms with van der Waals surface area (Å²) in [5.74, 6) is -0.147. The van der Waals surface area contributed by atoms with Gasteiger partial charge in [0.05, 0.1) is 31.8 Å².